The van der Waals surface area contributed by atoms with Crippen LogP contribution >= 0.6 is 0 Å². The van der Waals surface area contributed by atoms with Crippen molar-refractivity contribution in [3.05, 3.63) is 71.9 Å². The van der Waals surface area contributed by atoms with E-state index in [0.717, 1.165) is 36.0 Å². The van der Waals surface area contributed by atoms with Crippen LogP contribution in [0.5, 0.6) is 0 Å². The van der Waals surface area contributed by atoms with Crippen molar-refractivity contribution in [2.45, 2.75) is 44.3 Å². The molecule has 1 aromatic heterocycles. The van der Waals surface area contributed by atoms with E-state index in [1.807, 2.05) is 24.3 Å². The number of nitrogens with zero attached hydrogens (tertiary/aromatic N) is 2. The largest absolute Gasteiger partial charge is 0.348 e. The molecule has 144 valence electrons. The zero-order valence-corrected chi connectivity index (χ0v) is 16.2. The van der Waals surface area contributed by atoms with Gasteiger partial charge < -0.3 is 14.8 Å². The highest BCUT2D eigenvalue weighted by molar-refractivity contribution is 5.99. The lowest BCUT2D eigenvalue weighted by molar-refractivity contribution is 0.0888. The van der Waals surface area contributed by atoms with E-state index in [1.165, 1.54) is 24.9 Å². The normalized spacial score (nSPS) is 22.3. The SMILES string of the molecule is O=C(N[C@H]1CCN2CCC[C@H]2C1)c1cc2ccccc2n1Cc1ccccc1. The number of hydrogen-bond donors (Lipinski definition) is 1. The van der Waals surface area contributed by atoms with Gasteiger partial charge in [0.15, 0.2) is 0 Å². The first-order valence-electron chi connectivity index (χ1n) is 10.4. The number of amides is 1. The number of rotatable bonds is 4. The lowest BCUT2D eigenvalue weighted by Gasteiger charge is -2.35. The second kappa shape index (κ2) is 7.44. The Morgan fingerprint density at radius 3 is 2.71 bits per heavy atom. The van der Waals surface area contributed by atoms with Crippen LogP contribution in [0.4, 0.5) is 0 Å². The minimum Gasteiger partial charge on any atom is -0.348 e. The molecule has 4 heteroatoms. The second-order valence-corrected chi connectivity index (χ2v) is 8.19. The molecule has 4 nitrogen and oxygen atoms in total. The van der Waals surface area contributed by atoms with Crippen molar-refractivity contribution < 1.29 is 4.79 Å². The molecule has 28 heavy (non-hydrogen) atoms. The van der Waals surface area contributed by atoms with Crippen molar-refractivity contribution in [1.29, 1.82) is 0 Å². The van der Waals surface area contributed by atoms with E-state index >= 15 is 0 Å². The molecule has 2 aliphatic rings. The highest BCUT2D eigenvalue weighted by Crippen LogP contribution is 2.27. The Labute approximate surface area is 166 Å². The molecule has 2 aromatic carbocycles. The zero-order valence-electron chi connectivity index (χ0n) is 16.2. The fraction of sp³-hybridized carbons (Fsp3) is 0.375. The average Bonchev–Trinajstić information content (AvgIpc) is 3.33. The van der Waals surface area contributed by atoms with Gasteiger partial charge >= 0.3 is 0 Å². The minimum atomic E-state index is 0.0589. The molecule has 0 radical (unpaired) electrons. The average molecular weight is 374 g/mol. The third kappa shape index (κ3) is 3.33. The summed E-state index contributed by atoms with van der Waals surface area (Å²) in [5.41, 5.74) is 3.08. The molecule has 2 atom stereocenters. The molecule has 5 rings (SSSR count). The number of piperidine rings is 1. The van der Waals surface area contributed by atoms with Crippen molar-refractivity contribution in [2.75, 3.05) is 13.1 Å². The topological polar surface area (TPSA) is 37.3 Å². The summed E-state index contributed by atoms with van der Waals surface area (Å²) in [5.74, 6) is 0.0589. The number of para-hydroxylation sites is 1. The third-order valence-corrected chi connectivity index (χ3v) is 6.38. The van der Waals surface area contributed by atoms with Gasteiger partial charge in [0, 0.05) is 36.1 Å². The van der Waals surface area contributed by atoms with Gasteiger partial charge in [-0.3, -0.25) is 4.79 Å². The first-order chi connectivity index (χ1) is 13.8. The van der Waals surface area contributed by atoms with Crippen molar-refractivity contribution in [3.8, 4) is 0 Å². The molecule has 0 saturated carbocycles. The van der Waals surface area contributed by atoms with Crippen LogP contribution in [-0.4, -0.2) is 40.5 Å². The summed E-state index contributed by atoms with van der Waals surface area (Å²) in [6.45, 7) is 3.05. The molecule has 2 saturated heterocycles. The van der Waals surface area contributed by atoms with Crippen molar-refractivity contribution >= 4 is 16.8 Å². The first-order valence-corrected chi connectivity index (χ1v) is 10.4. The minimum absolute atomic E-state index is 0.0589. The van der Waals surface area contributed by atoms with E-state index in [-0.39, 0.29) is 11.9 Å². The molecule has 1 N–H and O–H groups in total. The van der Waals surface area contributed by atoms with Crippen molar-refractivity contribution in [3.63, 3.8) is 0 Å². The standard InChI is InChI=1S/C24H27N3O/c28-24(25-20-12-14-26-13-6-10-21(26)16-20)23-15-19-9-4-5-11-22(19)27(23)17-18-7-2-1-3-8-18/h1-5,7-9,11,15,20-21H,6,10,12-14,16-17H2,(H,25,28)/t20-,21-/m0/s1. The number of fused-ring (bicyclic) bond motifs is 2. The van der Waals surface area contributed by atoms with Crippen LogP contribution in [0, 0.1) is 0 Å². The Kier molecular flexibility index (Phi) is 4.65. The predicted molar refractivity (Wildman–Crippen MR) is 113 cm³/mol. The van der Waals surface area contributed by atoms with Gasteiger partial charge in [-0.05, 0) is 49.9 Å². The maximum atomic E-state index is 13.2. The maximum absolute atomic E-state index is 13.2. The van der Waals surface area contributed by atoms with Crippen molar-refractivity contribution in [1.82, 2.24) is 14.8 Å². The fourth-order valence-corrected chi connectivity index (χ4v) is 4.95. The van der Waals surface area contributed by atoms with Crippen LogP contribution in [0.1, 0.15) is 41.7 Å². The van der Waals surface area contributed by atoms with Gasteiger partial charge in [-0.25, -0.2) is 0 Å². The molecule has 2 fully saturated rings. The Hall–Kier alpha value is -2.59. The summed E-state index contributed by atoms with van der Waals surface area (Å²) in [6, 6.07) is 21.6. The molecule has 2 aliphatic heterocycles. The van der Waals surface area contributed by atoms with Crippen LogP contribution in [0.15, 0.2) is 60.7 Å². The number of aromatic nitrogens is 1. The predicted octanol–water partition coefficient (Wildman–Crippen LogP) is 4.05. The monoisotopic (exact) mass is 373 g/mol. The molecule has 3 aromatic rings. The highest BCUT2D eigenvalue weighted by Gasteiger charge is 2.32. The van der Waals surface area contributed by atoms with E-state index in [0.29, 0.717) is 12.6 Å². The Balaban J connectivity index is 1.41. The number of nitrogens with one attached hydrogen (secondary N) is 1. The summed E-state index contributed by atoms with van der Waals surface area (Å²) in [4.78, 5) is 15.8. The maximum Gasteiger partial charge on any atom is 0.268 e. The number of hydrogen-bond acceptors (Lipinski definition) is 2. The number of carbonyl (C=O) groups excluding carboxylic acids is 1. The van der Waals surface area contributed by atoms with Crippen LogP contribution in [0.2, 0.25) is 0 Å². The first kappa shape index (κ1) is 17.5. The van der Waals surface area contributed by atoms with E-state index in [2.05, 4.69) is 51.2 Å². The zero-order chi connectivity index (χ0) is 18.9. The van der Waals surface area contributed by atoms with E-state index in [4.69, 9.17) is 0 Å². The van der Waals surface area contributed by atoms with Gasteiger partial charge in [0.25, 0.3) is 5.91 Å². The lowest BCUT2D eigenvalue weighted by Crippen LogP contribution is -2.47. The third-order valence-electron chi connectivity index (χ3n) is 6.38. The lowest BCUT2D eigenvalue weighted by atomic mass is 9.97. The quantitative estimate of drug-likeness (QED) is 0.749. The smallest absolute Gasteiger partial charge is 0.268 e. The molecular weight excluding hydrogens is 346 g/mol. The summed E-state index contributed by atoms with van der Waals surface area (Å²) in [5, 5.41) is 4.47. The summed E-state index contributed by atoms with van der Waals surface area (Å²) >= 11 is 0. The van der Waals surface area contributed by atoms with Gasteiger partial charge in [-0.2, -0.15) is 0 Å². The summed E-state index contributed by atoms with van der Waals surface area (Å²) < 4.78 is 2.16. The van der Waals surface area contributed by atoms with E-state index in [1.54, 1.807) is 0 Å². The van der Waals surface area contributed by atoms with Crippen LogP contribution in [-0.2, 0) is 6.54 Å². The second-order valence-electron chi connectivity index (χ2n) is 8.19. The fourth-order valence-electron chi connectivity index (χ4n) is 4.95. The highest BCUT2D eigenvalue weighted by atomic mass is 16.2. The van der Waals surface area contributed by atoms with Crippen LogP contribution in [0.3, 0.4) is 0 Å². The Morgan fingerprint density at radius 2 is 1.82 bits per heavy atom. The molecule has 0 bridgehead atoms. The van der Waals surface area contributed by atoms with Gasteiger partial charge in [0.1, 0.15) is 5.69 Å². The number of carbonyl (C=O) groups is 1. The molecule has 3 heterocycles. The molecule has 0 spiro atoms. The van der Waals surface area contributed by atoms with E-state index in [9.17, 15) is 4.79 Å². The van der Waals surface area contributed by atoms with Gasteiger partial charge in [0.05, 0.1) is 0 Å². The van der Waals surface area contributed by atoms with Gasteiger partial charge in [-0.15, -0.1) is 0 Å². The Bertz CT molecular complexity index is 978. The Morgan fingerprint density at radius 1 is 1.00 bits per heavy atom. The van der Waals surface area contributed by atoms with E-state index < -0.39 is 0 Å². The number of benzene rings is 2. The molecule has 0 aliphatic carbocycles. The molecular formula is C24H27N3O. The summed E-state index contributed by atoms with van der Waals surface area (Å²) in [6.07, 6.45) is 4.73. The van der Waals surface area contributed by atoms with Crippen LogP contribution < -0.4 is 5.32 Å². The van der Waals surface area contributed by atoms with Crippen LogP contribution in [0.25, 0.3) is 10.9 Å². The molecule has 1 amide bonds. The van der Waals surface area contributed by atoms with Crippen molar-refractivity contribution in [2.24, 2.45) is 0 Å². The van der Waals surface area contributed by atoms with Gasteiger partial charge in [-0.1, -0.05) is 48.5 Å². The summed E-state index contributed by atoms with van der Waals surface area (Å²) in [7, 11) is 0. The molecule has 0 unspecified atom stereocenters. The van der Waals surface area contributed by atoms with Gasteiger partial charge in [0.2, 0.25) is 0 Å².